The fourth-order valence-electron chi connectivity index (χ4n) is 4.08. The summed E-state index contributed by atoms with van der Waals surface area (Å²) in [6.45, 7) is 4.25. The average molecular weight is 573 g/mol. The molecule has 0 unspecified atom stereocenters. The molecule has 7 nitrogen and oxygen atoms in total. The minimum absolute atomic E-state index is 0. The van der Waals surface area contributed by atoms with Crippen molar-refractivity contribution in [3.05, 3.63) is 53.6 Å². The van der Waals surface area contributed by atoms with Crippen LogP contribution in [0.3, 0.4) is 0 Å². The van der Waals surface area contributed by atoms with Crippen molar-refractivity contribution in [2.24, 2.45) is 0 Å². The Kier molecular flexibility index (Phi) is 22.4. The van der Waals surface area contributed by atoms with E-state index in [4.69, 9.17) is 9.47 Å². The van der Waals surface area contributed by atoms with Crippen molar-refractivity contribution in [2.45, 2.75) is 109 Å². The molecule has 0 aliphatic heterocycles. The SMILES string of the molecule is C/C=C/CCCCCCCCOC(=O)c1cccc(S(=O)(=O)[O-])c1C(=O)OCCCCCCCC/C=C/C.[Na+]. The van der Waals surface area contributed by atoms with E-state index in [0.717, 1.165) is 83.1 Å². The van der Waals surface area contributed by atoms with Gasteiger partial charge in [0.1, 0.15) is 10.1 Å². The standard InChI is InChI=1S/C30H46O7S.Na/c1-3-5-7-9-11-13-15-17-19-24-36-29(31)26-22-21-23-27(38(33,34)35)28(26)30(32)37-25-20-18-16-14-12-10-8-6-4-2;/h3-6,21-23H,7-20,24-25H2,1-2H3,(H,33,34,35);/q;+1/p-1/b5-3+,6-4+;. The number of carbonyl (C=O) groups is 2. The molecule has 0 amide bonds. The van der Waals surface area contributed by atoms with Crippen molar-refractivity contribution < 1.29 is 61.6 Å². The van der Waals surface area contributed by atoms with E-state index in [1.807, 2.05) is 19.9 Å². The summed E-state index contributed by atoms with van der Waals surface area (Å²) in [5.41, 5.74) is -0.811. The molecule has 0 atom stereocenters. The summed E-state index contributed by atoms with van der Waals surface area (Å²) in [6, 6.07) is 3.55. The second-order valence-corrected chi connectivity index (χ2v) is 10.7. The van der Waals surface area contributed by atoms with Crippen molar-refractivity contribution in [3.63, 3.8) is 0 Å². The number of hydrogen-bond donors (Lipinski definition) is 0. The van der Waals surface area contributed by atoms with Gasteiger partial charge in [-0.3, -0.25) is 0 Å². The van der Waals surface area contributed by atoms with Gasteiger partial charge in [-0.25, -0.2) is 18.0 Å². The van der Waals surface area contributed by atoms with Crippen LogP contribution < -0.4 is 29.6 Å². The first-order valence-electron chi connectivity index (χ1n) is 14.0. The summed E-state index contributed by atoms with van der Waals surface area (Å²) in [4.78, 5) is 24.7. The third kappa shape index (κ3) is 17.1. The number of hydrogen-bond acceptors (Lipinski definition) is 7. The van der Waals surface area contributed by atoms with E-state index in [2.05, 4.69) is 18.2 Å². The molecule has 0 aliphatic carbocycles. The Morgan fingerprint density at radius 2 is 1.15 bits per heavy atom. The van der Waals surface area contributed by atoms with Crippen LogP contribution in [-0.4, -0.2) is 38.1 Å². The van der Waals surface area contributed by atoms with E-state index in [0.29, 0.717) is 12.8 Å². The zero-order valence-corrected chi connectivity index (χ0v) is 26.9. The van der Waals surface area contributed by atoms with Crippen LogP contribution in [0.25, 0.3) is 0 Å². The Hall–Kier alpha value is -1.45. The topological polar surface area (TPSA) is 110 Å². The van der Waals surface area contributed by atoms with Crippen molar-refractivity contribution in [3.8, 4) is 0 Å². The van der Waals surface area contributed by atoms with Crippen LogP contribution in [0.4, 0.5) is 0 Å². The second-order valence-electron chi connectivity index (χ2n) is 9.36. The molecule has 0 N–H and O–H groups in total. The van der Waals surface area contributed by atoms with Crippen LogP contribution in [0.5, 0.6) is 0 Å². The maximum absolute atomic E-state index is 12.8. The monoisotopic (exact) mass is 572 g/mol. The Bertz CT molecular complexity index is 987. The van der Waals surface area contributed by atoms with E-state index in [9.17, 15) is 22.6 Å². The molecule has 0 aliphatic rings. The summed E-state index contributed by atoms with van der Waals surface area (Å²) >= 11 is 0. The second kappa shape index (κ2) is 23.3. The minimum atomic E-state index is -5.00. The van der Waals surface area contributed by atoms with Gasteiger partial charge in [-0.15, -0.1) is 0 Å². The van der Waals surface area contributed by atoms with Crippen molar-refractivity contribution in [2.75, 3.05) is 13.2 Å². The fourth-order valence-corrected chi connectivity index (χ4v) is 4.76. The number of ether oxygens (including phenoxy) is 2. The minimum Gasteiger partial charge on any atom is -0.744 e. The first-order valence-corrected chi connectivity index (χ1v) is 15.4. The molecule has 0 spiro atoms. The van der Waals surface area contributed by atoms with E-state index >= 15 is 0 Å². The van der Waals surface area contributed by atoms with Gasteiger partial charge in [0.15, 0.2) is 0 Å². The van der Waals surface area contributed by atoms with Gasteiger partial charge in [0, 0.05) is 0 Å². The molecular weight excluding hydrogens is 527 g/mol. The van der Waals surface area contributed by atoms with Gasteiger partial charge in [0.25, 0.3) is 0 Å². The summed E-state index contributed by atoms with van der Waals surface area (Å²) in [6.07, 6.45) is 22.5. The Balaban J connectivity index is 0.0000144. The summed E-state index contributed by atoms with van der Waals surface area (Å²) in [7, 11) is -5.00. The van der Waals surface area contributed by atoms with E-state index in [-0.39, 0.29) is 48.3 Å². The predicted molar refractivity (Wildman–Crippen MR) is 149 cm³/mol. The molecule has 1 rings (SSSR count). The Morgan fingerprint density at radius 3 is 1.62 bits per heavy atom. The first kappa shape index (κ1) is 37.6. The summed E-state index contributed by atoms with van der Waals surface area (Å²) in [5.74, 6) is -1.84. The number of esters is 2. The molecule has 0 saturated carbocycles. The molecule has 0 radical (unpaired) electrons. The van der Waals surface area contributed by atoms with Gasteiger partial charge in [0.2, 0.25) is 0 Å². The largest absolute Gasteiger partial charge is 1.00 e. The van der Waals surface area contributed by atoms with Crippen LogP contribution in [0, 0.1) is 0 Å². The molecule has 0 heterocycles. The molecule has 0 fully saturated rings. The number of allylic oxidation sites excluding steroid dienone is 4. The van der Waals surface area contributed by atoms with Gasteiger partial charge in [-0.1, -0.05) is 81.7 Å². The van der Waals surface area contributed by atoms with Gasteiger partial charge >= 0.3 is 41.5 Å². The Labute approximate surface area is 257 Å². The van der Waals surface area contributed by atoms with Crippen LogP contribution in [0.15, 0.2) is 47.4 Å². The molecule has 0 aromatic heterocycles. The van der Waals surface area contributed by atoms with Crippen molar-refractivity contribution >= 4 is 22.1 Å². The number of benzene rings is 1. The zero-order valence-electron chi connectivity index (χ0n) is 24.1. The van der Waals surface area contributed by atoms with Crippen molar-refractivity contribution in [1.82, 2.24) is 0 Å². The molecule has 39 heavy (non-hydrogen) atoms. The van der Waals surface area contributed by atoms with Gasteiger partial charge < -0.3 is 14.0 Å². The molecule has 1 aromatic carbocycles. The maximum Gasteiger partial charge on any atom is 1.00 e. The molecule has 1 aromatic rings. The number of carbonyl (C=O) groups excluding carboxylic acids is 2. The quantitative estimate of drug-likeness (QED) is 0.0700. The predicted octanol–water partition coefficient (Wildman–Crippen LogP) is 4.52. The summed E-state index contributed by atoms with van der Waals surface area (Å²) in [5, 5.41) is 0. The first-order chi connectivity index (χ1) is 18.3. The van der Waals surface area contributed by atoms with Gasteiger partial charge in [-0.05, 0) is 64.5 Å². The van der Waals surface area contributed by atoms with Crippen LogP contribution in [-0.2, 0) is 19.6 Å². The van der Waals surface area contributed by atoms with Crippen LogP contribution in [0.1, 0.15) is 124 Å². The molecule has 9 heteroatoms. The van der Waals surface area contributed by atoms with E-state index in [1.54, 1.807) is 0 Å². The van der Waals surface area contributed by atoms with Gasteiger partial charge in [0.05, 0.1) is 29.2 Å². The van der Waals surface area contributed by atoms with E-state index < -0.39 is 32.5 Å². The zero-order chi connectivity index (χ0) is 28.1. The average Bonchev–Trinajstić information content (AvgIpc) is 2.89. The number of unbranched alkanes of at least 4 members (excludes halogenated alkanes) is 12. The molecule has 214 valence electrons. The maximum atomic E-state index is 12.8. The molecule has 0 bridgehead atoms. The Morgan fingerprint density at radius 1 is 0.718 bits per heavy atom. The van der Waals surface area contributed by atoms with Gasteiger partial charge in [-0.2, -0.15) is 0 Å². The molecule has 0 saturated heterocycles. The number of rotatable bonds is 21. The van der Waals surface area contributed by atoms with E-state index in [1.165, 1.54) is 12.1 Å². The summed E-state index contributed by atoms with van der Waals surface area (Å²) < 4.78 is 45.9. The smallest absolute Gasteiger partial charge is 0.744 e. The fraction of sp³-hybridized carbons (Fsp3) is 0.600. The van der Waals surface area contributed by atoms with Crippen LogP contribution in [0.2, 0.25) is 0 Å². The third-order valence-corrected chi connectivity index (χ3v) is 7.07. The van der Waals surface area contributed by atoms with Crippen molar-refractivity contribution in [1.29, 1.82) is 0 Å². The normalized spacial score (nSPS) is 11.6. The third-order valence-electron chi connectivity index (χ3n) is 6.19. The molecular formula is C30H45NaO7S. The van der Waals surface area contributed by atoms with Crippen LogP contribution >= 0.6 is 0 Å².